The first-order valence-electron chi connectivity index (χ1n) is 11.9. The second kappa shape index (κ2) is 11.5. The number of esters is 1. The van der Waals surface area contributed by atoms with Gasteiger partial charge in [0.1, 0.15) is 0 Å². The van der Waals surface area contributed by atoms with Crippen LogP contribution in [0.15, 0.2) is 48.5 Å². The lowest BCUT2D eigenvalue weighted by Crippen LogP contribution is -2.53. The highest BCUT2D eigenvalue weighted by molar-refractivity contribution is 5.92. The number of benzene rings is 2. The molecule has 1 atom stereocenters. The smallest absolute Gasteiger partial charge is 0.337 e. The van der Waals surface area contributed by atoms with E-state index in [2.05, 4.69) is 39.1 Å². The second-order valence-electron chi connectivity index (χ2n) is 8.94. The van der Waals surface area contributed by atoms with Crippen molar-refractivity contribution in [3.8, 4) is 0 Å². The predicted molar refractivity (Wildman–Crippen MR) is 132 cm³/mol. The molecule has 1 amide bonds. The van der Waals surface area contributed by atoms with E-state index in [1.807, 2.05) is 24.3 Å². The van der Waals surface area contributed by atoms with E-state index in [0.29, 0.717) is 12.1 Å². The van der Waals surface area contributed by atoms with Gasteiger partial charge in [-0.05, 0) is 48.9 Å². The number of morpholine rings is 1. The van der Waals surface area contributed by atoms with E-state index in [1.54, 1.807) is 12.1 Å². The number of hydrogen-bond donors (Lipinski definition) is 1. The standard InChI is InChI=1S/C26H34N4O4/c1-20-17-30(24-9-5-22(6-10-24)26(32)33-2)12-11-29(20)19-25(31)27-23-7-3-21(4-8-23)18-28-13-15-34-16-14-28/h3-10,20H,11-19H2,1-2H3,(H,27,31). The number of carbonyl (C=O) groups is 2. The van der Waals surface area contributed by atoms with Crippen LogP contribution in [0.5, 0.6) is 0 Å². The van der Waals surface area contributed by atoms with Crippen LogP contribution in [0.3, 0.4) is 0 Å². The number of rotatable bonds is 7. The Kier molecular flexibility index (Phi) is 8.16. The number of ether oxygens (including phenoxy) is 2. The molecule has 2 aliphatic rings. The van der Waals surface area contributed by atoms with Crippen molar-refractivity contribution in [2.75, 3.05) is 69.8 Å². The molecule has 0 radical (unpaired) electrons. The van der Waals surface area contributed by atoms with Crippen molar-refractivity contribution < 1.29 is 19.1 Å². The molecular formula is C26H34N4O4. The van der Waals surface area contributed by atoms with E-state index in [9.17, 15) is 9.59 Å². The van der Waals surface area contributed by atoms with Gasteiger partial charge in [-0.2, -0.15) is 0 Å². The zero-order chi connectivity index (χ0) is 23.9. The van der Waals surface area contributed by atoms with Crippen molar-refractivity contribution in [1.82, 2.24) is 9.80 Å². The molecule has 2 aromatic rings. The molecule has 2 heterocycles. The van der Waals surface area contributed by atoms with E-state index in [0.717, 1.165) is 63.9 Å². The monoisotopic (exact) mass is 466 g/mol. The van der Waals surface area contributed by atoms with Crippen molar-refractivity contribution in [3.63, 3.8) is 0 Å². The minimum absolute atomic E-state index is 0.00339. The number of nitrogens with one attached hydrogen (secondary N) is 1. The maximum Gasteiger partial charge on any atom is 0.337 e. The first-order valence-corrected chi connectivity index (χ1v) is 11.9. The molecule has 0 bridgehead atoms. The lowest BCUT2D eigenvalue weighted by atomic mass is 10.1. The fourth-order valence-corrected chi connectivity index (χ4v) is 4.49. The molecule has 2 saturated heterocycles. The van der Waals surface area contributed by atoms with Gasteiger partial charge < -0.3 is 19.7 Å². The third-order valence-electron chi connectivity index (χ3n) is 6.51. The number of amides is 1. The van der Waals surface area contributed by atoms with Gasteiger partial charge in [0.05, 0.1) is 32.4 Å². The Morgan fingerprint density at radius 3 is 2.35 bits per heavy atom. The summed E-state index contributed by atoms with van der Waals surface area (Å²) >= 11 is 0. The summed E-state index contributed by atoms with van der Waals surface area (Å²) in [7, 11) is 1.38. The quantitative estimate of drug-likeness (QED) is 0.629. The fourth-order valence-electron chi connectivity index (χ4n) is 4.49. The molecule has 1 N–H and O–H groups in total. The van der Waals surface area contributed by atoms with E-state index >= 15 is 0 Å². The van der Waals surface area contributed by atoms with Crippen LogP contribution in [-0.2, 0) is 20.8 Å². The van der Waals surface area contributed by atoms with Gasteiger partial charge in [-0.1, -0.05) is 12.1 Å². The fraction of sp³-hybridized carbons (Fsp3) is 0.462. The van der Waals surface area contributed by atoms with E-state index in [-0.39, 0.29) is 17.9 Å². The molecule has 2 fully saturated rings. The largest absolute Gasteiger partial charge is 0.465 e. The Bertz CT molecular complexity index is 958. The van der Waals surface area contributed by atoms with Crippen LogP contribution >= 0.6 is 0 Å². The van der Waals surface area contributed by atoms with Crippen LogP contribution in [0.1, 0.15) is 22.8 Å². The summed E-state index contributed by atoms with van der Waals surface area (Å²) in [5, 5.41) is 3.03. The molecule has 4 rings (SSSR count). The maximum atomic E-state index is 12.7. The summed E-state index contributed by atoms with van der Waals surface area (Å²) in [4.78, 5) is 31.2. The lowest BCUT2D eigenvalue weighted by molar-refractivity contribution is -0.117. The summed E-state index contributed by atoms with van der Waals surface area (Å²) < 4.78 is 10.2. The molecule has 0 aliphatic carbocycles. The van der Waals surface area contributed by atoms with Gasteiger partial charge in [-0.15, -0.1) is 0 Å². The van der Waals surface area contributed by atoms with E-state index < -0.39 is 0 Å². The average molecular weight is 467 g/mol. The number of carbonyl (C=O) groups excluding carboxylic acids is 2. The summed E-state index contributed by atoms with van der Waals surface area (Å²) in [5.74, 6) is -0.328. The first-order chi connectivity index (χ1) is 16.5. The first kappa shape index (κ1) is 24.2. The normalized spacial score (nSPS) is 19.6. The maximum absolute atomic E-state index is 12.7. The average Bonchev–Trinajstić information content (AvgIpc) is 2.87. The summed E-state index contributed by atoms with van der Waals surface area (Å²) in [6.45, 7) is 9.37. The summed E-state index contributed by atoms with van der Waals surface area (Å²) in [6, 6.07) is 15.8. The van der Waals surface area contributed by atoms with Crippen molar-refractivity contribution in [2.24, 2.45) is 0 Å². The van der Waals surface area contributed by atoms with E-state index in [4.69, 9.17) is 9.47 Å². The Labute approximate surface area is 201 Å². The van der Waals surface area contributed by atoms with Gasteiger partial charge in [0.2, 0.25) is 5.91 Å². The number of nitrogens with zero attached hydrogens (tertiary/aromatic N) is 3. The molecule has 8 nitrogen and oxygen atoms in total. The highest BCUT2D eigenvalue weighted by Gasteiger charge is 2.25. The number of methoxy groups -OCH3 is 1. The highest BCUT2D eigenvalue weighted by Crippen LogP contribution is 2.20. The Morgan fingerprint density at radius 2 is 1.71 bits per heavy atom. The van der Waals surface area contributed by atoms with Crippen molar-refractivity contribution in [2.45, 2.75) is 19.5 Å². The SMILES string of the molecule is COC(=O)c1ccc(N2CCN(CC(=O)Nc3ccc(CN4CCOCC4)cc3)C(C)C2)cc1. The minimum Gasteiger partial charge on any atom is -0.465 e. The van der Waals surface area contributed by atoms with Gasteiger partial charge in [0.15, 0.2) is 0 Å². The Balaban J connectivity index is 1.24. The third-order valence-corrected chi connectivity index (χ3v) is 6.51. The van der Waals surface area contributed by atoms with Gasteiger partial charge in [0.25, 0.3) is 0 Å². The molecular weight excluding hydrogens is 432 g/mol. The van der Waals surface area contributed by atoms with Crippen molar-refractivity contribution in [3.05, 3.63) is 59.7 Å². The number of anilines is 2. The van der Waals surface area contributed by atoms with Crippen LogP contribution in [0.4, 0.5) is 11.4 Å². The van der Waals surface area contributed by atoms with Gasteiger partial charge in [-0.25, -0.2) is 4.79 Å². The van der Waals surface area contributed by atoms with Crippen LogP contribution in [0.2, 0.25) is 0 Å². The molecule has 0 saturated carbocycles. The van der Waals surface area contributed by atoms with Crippen LogP contribution in [0.25, 0.3) is 0 Å². The predicted octanol–water partition coefficient (Wildman–Crippen LogP) is 2.45. The number of hydrogen-bond acceptors (Lipinski definition) is 7. The Hall–Kier alpha value is -2.94. The summed E-state index contributed by atoms with van der Waals surface area (Å²) in [6.07, 6.45) is 0. The topological polar surface area (TPSA) is 74.4 Å². The molecule has 1 unspecified atom stereocenters. The van der Waals surface area contributed by atoms with Gasteiger partial charge >= 0.3 is 5.97 Å². The molecule has 2 aliphatic heterocycles. The van der Waals surface area contributed by atoms with Crippen LogP contribution in [-0.4, -0.2) is 87.3 Å². The van der Waals surface area contributed by atoms with Crippen molar-refractivity contribution >= 4 is 23.3 Å². The molecule has 0 spiro atoms. The zero-order valence-electron chi connectivity index (χ0n) is 20.0. The summed E-state index contributed by atoms with van der Waals surface area (Å²) in [5.41, 5.74) is 3.68. The molecule has 2 aromatic carbocycles. The third kappa shape index (κ3) is 6.34. The highest BCUT2D eigenvalue weighted by atomic mass is 16.5. The zero-order valence-corrected chi connectivity index (χ0v) is 20.0. The lowest BCUT2D eigenvalue weighted by Gasteiger charge is -2.40. The second-order valence-corrected chi connectivity index (χ2v) is 8.94. The van der Waals surface area contributed by atoms with Crippen molar-refractivity contribution in [1.29, 1.82) is 0 Å². The van der Waals surface area contributed by atoms with Gasteiger partial charge in [0, 0.05) is 56.7 Å². The van der Waals surface area contributed by atoms with Crippen LogP contribution in [0, 0.1) is 0 Å². The Morgan fingerprint density at radius 1 is 1.00 bits per heavy atom. The molecule has 34 heavy (non-hydrogen) atoms. The molecule has 8 heteroatoms. The van der Waals surface area contributed by atoms with Crippen LogP contribution < -0.4 is 10.2 Å². The number of piperazine rings is 1. The molecule has 0 aromatic heterocycles. The van der Waals surface area contributed by atoms with Gasteiger partial charge in [-0.3, -0.25) is 14.6 Å². The molecule has 182 valence electrons. The minimum atomic E-state index is -0.331. The van der Waals surface area contributed by atoms with E-state index in [1.165, 1.54) is 12.7 Å².